The lowest BCUT2D eigenvalue weighted by Gasteiger charge is -2.07. The lowest BCUT2D eigenvalue weighted by Crippen LogP contribution is -2.26. The van der Waals surface area contributed by atoms with E-state index < -0.39 is 36.6 Å². The first kappa shape index (κ1) is 19.0. The molecule has 1 N–H and O–H groups in total. The molecule has 0 unspecified atom stereocenters. The van der Waals surface area contributed by atoms with Gasteiger partial charge >= 0.3 is 11.7 Å². The number of aryl methyl sites for hydroxylation is 1. The highest BCUT2D eigenvalue weighted by molar-refractivity contribution is 5.92. The van der Waals surface area contributed by atoms with E-state index in [1.807, 2.05) is 0 Å². The Hall–Kier alpha value is -3.75. The maximum absolute atomic E-state index is 13.5. The van der Waals surface area contributed by atoms with Crippen LogP contribution in [0.5, 0.6) is 0 Å². The quantitative estimate of drug-likeness (QED) is 0.652. The number of esters is 1. The number of rotatable bonds is 6. The Morgan fingerprint density at radius 2 is 1.96 bits per heavy atom. The molecule has 1 aromatic heterocycles. The molecule has 8 nitrogen and oxygen atoms in total. The Bertz CT molecular complexity index is 1060. The van der Waals surface area contributed by atoms with Gasteiger partial charge in [0, 0.05) is 11.3 Å². The second-order valence-electron chi connectivity index (χ2n) is 5.87. The summed E-state index contributed by atoms with van der Waals surface area (Å²) in [5.74, 6) is -2.71. The van der Waals surface area contributed by atoms with Crippen LogP contribution in [0.2, 0.25) is 0 Å². The molecule has 0 atom stereocenters. The number of nitrogens with zero attached hydrogens (tertiary/aromatic N) is 2. The molecule has 0 aliphatic heterocycles. The molecule has 0 radical (unpaired) electrons. The number of ether oxygens (including phenoxy) is 1. The predicted molar refractivity (Wildman–Crippen MR) is 96.9 cm³/mol. The summed E-state index contributed by atoms with van der Waals surface area (Å²) in [6.07, 6.45) is 0. The standard InChI is InChI=1S/C19H16FN3O5/c1-12-7-8-14(9-15(12)20)21-16(24)11-27-17(25)10-23-19(26)28-18(22-23)13-5-3-2-4-6-13/h2-9H,10-11H2,1H3,(H,21,24). The Kier molecular flexibility index (Phi) is 5.64. The number of nitrogens with one attached hydrogen (secondary N) is 1. The maximum atomic E-state index is 13.5. The Labute approximate surface area is 158 Å². The molecule has 0 saturated carbocycles. The highest BCUT2D eigenvalue weighted by atomic mass is 19.1. The van der Waals surface area contributed by atoms with Crippen LogP contribution < -0.4 is 11.1 Å². The van der Waals surface area contributed by atoms with Gasteiger partial charge in [0.05, 0.1) is 0 Å². The summed E-state index contributed by atoms with van der Waals surface area (Å²) in [7, 11) is 0. The number of hydrogen-bond acceptors (Lipinski definition) is 6. The van der Waals surface area contributed by atoms with Crippen LogP contribution in [0.4, 0.5) is 10.1 Å². The molecular weight excluding hydrogens is 369 g/mol. The van der Waals surface area contributed by atoms with E-state index in [2.05, 4.69) is 10.4 Å². The van der Waals surface area contributed by atoms with Crippen molar-refractivity contribution in [3.05, 3.63) is 70.5 Å². The highest BCUT2D eigenvalue weighted by Gasteiger charge is 2.15. The zero-order valence-corrected chi connectivity index (χ0v) is 14.8. The number of hydrogen-bond donors (Lipinski definition) is 1. The van der Waals surface area contributed by atoms with Crippen LogP contribution in [-0.2, 0) is 20.9 Å². The summed E-state index contributed by atoms with van der Waals surface area (Å²) in [6.45, 7) is 0.492. The SMILES string of the molecule is Cc1ccc(NC(=O)COC(=O)Cn2nc(-c3ccccc3)oc2=O)cc1F. The molecule has 3 rings (SSSR count). The van der Waals surface area contributed by atoms with Crippen LogP contribution in [0.1, 0.15) is 5.56 Å². The van der Waals surface area contributed by atoms with Crippen molar-refractivity contribution in [2.45, 2.75) is 13.5 Å². The van der Waals surface area contributed by atoms with Gasteiger partial charge in [-0.1, -0.05) is 24.3 Å². The third-order valence-electron chi connectivity index (χ3n) is 3.73. The molecule has 0 bridgehead atoms. The molecule has 144 valence electrons. The average molecular weight is 385 g/mol. The molecule has 0 saturated heterocycles. The van der Waals surface area contributed by atoms with Gasteiger partial charge in [-0.25, -0.2) is 9.18 Å². The molecule has 0 aliphatic carbocycles. The van der Waals surface area contributed by atoms with Gasteiger partial charge in [-0.2, -0.15) is 4.68 Å². The average Bonchev–Trinajstić information content (AvgIpc) is 3.04. The normalized spacial score (nSPS) is 10.5. The minimum absolute atomic E-state index is 0.0672. The van der Waals surface area contributed by atoms with Crippen molar-refractivity contribution in [2.24, 2.45) is 0 Å². The smallest absolute Gasteiger partial charge is 0.437 e. The van der Waals surface area contributed by atoms with Crippen molar-refractivity contribution in [3.63, 3.8) is 0 Å². The fraction of sp³-hybridized carbons (Fsp3) is 0.158. The Morgan fingerprint density at radius 1 is 1.21 bits per heavy atom. The van der Waals surface area contributed by atoms with Crippen molar-refractivity contribution >= 4 is 17.6 Å². The molecule has 9 heteroatoms. The number of amides is 1. The summed E-state index contributed by atoms with van der Waals surface area (Å²) >= 11 is 0. The van der Waals surface area contributed by atoms with Crippen molar-refractivity contribution in [3.8, 4) is 11.5 Å². The number of carbonyl (C=O) groups excluding carboxylic acids is 2. The van der Waals surface area contributed by atoms with Crippen LogP contribution in [0, 0.1) is 12.7 Å². The van der Waals surface area contributed by atoms with E-state index in [1.165, 1.54) is 12.1 Å². The van der Waals surface area contributed by atoms with Crippen molar-refractivity contribution in [1.82, 2.24) is 9.78 Å². The van der Waals surface area contributed by atoms with E-state index in [4.69, 9.17) is 9.15 Å². The lowest BCUT2D eigenvalue weighted by atomic mass is 10.2. The number of anilines is 1. The fourth-order valence-corrected chi connectivity index (χ4v) is 2.29. The van der Waals surface area contributed by atoms with Gasteiger partial charge in [0.25, 0.3) is 5.91 Å². The summed E-state index contributed by atoms with van der Waals surface area (Å²) in [4.78, 5) is 35.5. The third-order valence-corrected chi connectivity index (χ3v) is 3.73. The number of aromatic nitrogens is 2. The molecule has 2 aromatic carbocycles. The Morgan fingerprint density at radius 3 is 2.68 bits per heavy atom. The number of halogens is 1. The van der Waals surface area contributed by atoms with Crippen molar-refractivity contribution < 1.29 is 23.1 Å². The molecule has 1 amide bonds. The van der Waals surface area contributed by atoms with Crippen LogP contribution in [0.3, 0.4) is 0 Å². The maximum Gasteiger partial charge on any atom is 0.437 e. The van der Waals surface area contributed by atoms with E-state index in [9.17, 15) is 18.8 Å². The summed E-state index contributed by atoms with van der Waals surface area (Å²) in [5, 5.41) is 6.33. The molecule has 28 heavy (non-hydrogen) atoms. The zero-order chi connectivity index (χ0) is 20.1. The molecular formula is C19H16FN3O5. The lowest BCUT2D eigenvalue weighted by molar-refractivity contribution is -0.148. The van der Waals surface area contributed by atoms with Gasteiger partial charge in [0.15, 0.2) is 6.61 Å². The molecule has 0 spiro atoms. The van der Waals surface area contributed by atoms with Gasteiger partial charge < -0.3 is 14.5 Å². The van der Waals surface area contributed by atoms with Crippen molar-refractivity contribution in [2.75, 3.05) is 11.9 Å². The minimum atomic E-state index is -0.847. The van der Waals surface area contributed by atoms with Crippen LogP contribution in [0.15, 0.2) is 57.7 Å². The van der Waals surface area contributed by atoms with Crippen LogP contribution in [-0.4, -0.2) is 28.3 Å². The zero-order valence-electron chi connectivity index (χ0n) is 14.8. The molecule has 3 aromatic rings. The fourth-order valence-electron chi connectivity index (χ4n) is 2.29. The first-order valence-electron chi connectivity index (χ1n) is 8.27. The van der Waals surface area contributed by atoms with Crippen LogP contribution in [0.25, 0.3) is 11.5 Å². The molecule has 0 aliphatic rings. The van der Waals surface area contributed by atoms with E-state index >= 15 is 0 Å². The summed E-state index contributed by atoms with van der Waals surface area (Å²) in [6, 6.07) is 12.9. The van der Waals surface area contributed by atoms with Gasteiger partial charge in [0.1, 0.15) is 12.4 Å². The first-order valence-corrected chi connectivity index (χ1v) is 8.27. The second kappa shape index (κ2) is 8.30. The van der Waals surface area contributed by atoms with Gasteiger partial charge in [-0.15, -0.1) is 5.10 Å². The largest absolute Gasteiger partial charge is 0.454 e. The van der Waals surface area contributed by atoms with Crippen molar-refractivity contribution in [1.29, 1.82) is 0 Å². The topological polar surface area (TPSA) is 103 Å². The van der Waals surface area contributed by atoms with E-state index in [-0.39, 0.29) is 11.6 Å². The van der Waals surface area contributed by atoms with E-state index in [1.54, 1.807) is 37.3 Å². The molecule has 0 fully saturated rings. The highest BCUT2D eigenvalue weighted by Crippen LogP contribution is 2.14. The van der Waals surface area contributed by atoms with Crippen LogP contribution >= 0.6 is 0 Å². The molecule has 1 heterocycles. The minimum Gasteiger partial charge on any atom is -0.454 e. The third kappa shape index (κ3) is 4.70. The first-order chi connectivity index (χ1) is 13.4. The number of carbonyl (C=O) groups is 2. The Balaban J connectivity index is 1.54. The number of benzene rings is 2. The predicted octanol–water partition coefficient (Wildman–Crippen LogP) is 2.13. The van der Waals surface area contributed by atoms with Gasteiger partial charge in [-0.3, -0.25) is 9.59 Å². The summed E-state index contributed by atoms with van der Waals surface area (Å²) < 4.78 is 24.1. The summed E-state index contributed by atoms with van der Waals surface area (Å²) in [5.41, 5.74) is 1.26. The van der Waals surface area contributed by atoms with E-state index in [0.717, 1.165) is 10.7 Å². The van der Waals surface area contributed by atoms with Gasteiger partial charge in [-0.05, 0) is 36.8 Å². The second-order valence-corrected chi connectivity index (χ2v) is 5.87. The van der Waals surface area contributed by atoms with Gasteiger partial charge in [0.2, 0.25) is 5.89 Å². The monoisotopic (exact) mass is 385 g/mol. The van der Waals surface area contributed by atoms with E-state index in [0.29, 0.717) is 11.1 Å².